The zero-order valence-electron chi connectivity index (χ0n) is 13.7. The maximum Gasteiger partial charge on any atom is 0.257 e. The molecule has 1 aliphatic carbocycles. The Morgan fingerprint density at radius 2 is 1.71 bits per heavy atom. The molecule has 0 saturated heterocycles. The average molecular weight is 323 g/mol. The number of amides is 2. The van der Waals surface area contributed by atoms with Crippen molar-refractivity contribution < 1.29 is 9.59 Å². The fourth-order valence-corrected chi connectivity index (χ4v) is 2.93. The van der Waals surface area contributed by atoms with E-state index in [0.717, 1.165) is 36.9 Å². The Morgan fingerprint density at radius 3 is 2.42 bits per heavy atom. The summed E-state index contributed by atoms with van der Waals surface area (Å²) in [7, 11) is 0. The molecule has 0 unspecified atom stereocenters. The average Bonchev–Trinajstić information content (AvgIpc) is 3.10. The molecule has 2 aromatic rings. The van der Waals surface area contributed by atoms with Gasteiger partial charge in [0.2, 0.25) is 0 Å². The lowest BCUT2D eigenvalue weighted by Gasteiger charge is -2.12. The third kappa shape index (κ3) is 3.79. The molecular weight excluding hydrogens is 302 g/mol. The van der Waals surface area contributed by atoms with Crippen molar-refractivity contribution in [2.45, 2.75) is 38.6 Å². The molecule has 24 heavy (non-hydrogen) atoms. The van der Waals surface area contributed by atoms with E-state index in [9.17, 15) is 9.59 Å². The van der Waals surface area contributed by atoms with E-state index in [0.29, 0.717) is 11.1 Å². The van der Waals surface area contributed by atoms with Crippen LogP contribution in [0.25, 0.3) is 0 Å². The highest BCUT2D eigenvalue weighted by Gasteiger charge is 2.19. The first-order valence-corrected chi connectivity index (χ1v) is 8.26. The smallest absolute Gasteiger partial charge is 0.257 e. The minimum Gasteiger partial charge on any atom is -0.349 e. The number of hydrogen-bond acceptors (Lipinski definition) is 3. The number of anilines is 1. The highest BCUT2D eigenvalue weighted by Crippen LogP contribution is 2.18. The second kappa shape index (κ2) is 7.25. The fourth-order valence-electron chi connectivity index (χ4n) is 2.93. The molecule has 0 bridgehead atoms. The molecule has 1 saturated carbocycles. The van der Waals surface area contributed by atoms with E-state index >= 15 is 0 Å². The van der Waals surface area contributed by atoms with Crippen LogP contribution in [0.5, 0.6) is 0 Å². The van der Waals surface area contributed by atoms with Gasteiger partial charge in [0.05, 0.1) is 11.1 Å². The quantitative estimate of drug-likeness (QED) is 0.907. The molecule has 0 radical (unpaired) electrons. The summed E-state index contributed by atoms with van der Waals surface area (Å²) in [5.41, 5.74) is 2.52. The second-order valence-corrected chi connectivity index (χ2v) is 6.19. The molecule has 5 heteroatoms. The van der Waals surface area contributed by atoms with E-state index in [1.165, 1.54) is 12.4 Å². The Bertz CT molecular complexity index is 752. The van der Waals surface area contributed by atoms with Gasteiger partial charge in [-0.3, -0.25) is 14.6 Å². The van der Waals surface area contributed by atoms with E-state index in [-0.39, 0.29) is 17.9 Å². The van der Waals surface area contributed by atoms with Crippen LogP contribution in [0.2, 0.25) is 0 Å². The number of para-hydroxylation sites is 1. The van der Waals surface area contributed by atoms with Gasteiger partial charge in [0.15, 0.2) is 0 Å². The van der Waals surface area contributed by atoms with Crippen molar-refractivity contribution in [2.24, 2.45) is 0 Å². The minimum atomic E-state index is -0.271. The van der Waals surface area contributed by atoms with Crippen LogP contribution in [0.3, 0.4) is 0 Å². The molecule has 0 atom stereocenters. The monoisotopic (exact) mass is 323 g/mol. The summed E-state index contributed by atoms with van der Waals surface area (Å²) < 4.78 is 0. The lowest BCUT2D eigenvalue weighted by molar-refractivity contribution is 0.0937. The zero-order chi connectivity index (χ0) is 16.9. The van der Waals surface area contributed by atoms with Crippen molar-refractivity contribution >= 4 is 17.5 Å². The first-order valence-electron chi connectivity index (χ1n) is 8.26. The number of carbonyl (C=O) groups is 2. The molecule has 2 N–H and O–H groups in total. The number of pyridine rings is 1. The summed E-state index contributed by atoms with van der Waals surface area (Å²) in [4.78, 5) is 28.8. The van der Waals surface area contributed by atoms with Gasteiger partial charge >= 0.3 is 0 Å². The number of aromatic nitrogens is 1. The third-order valence-electron chi connectivity index (χ3n) is 4.35. The molecule has 1 aromatic carbocycles. The van der Waals surface area contributed by atoms with Gasteiger partial charge in [0.1, 0.15) is 0 Å². The second-order valence-electron chi connectivity index (χ2n) is 6.19. The van der Waals surface area contributed by atoms with Gasteiger partial charge in [-0.1, -0.05) is 31.0 Å². The predicted molar refractivity (Wildman–Crippen MR) is 93.1 cm³/mol. The summed E-state index contributed by atoms with van der Waals surface area (Å²) in [6, 6.07) is 9.39. The molecule has 1 aliphatic rings. The van der Waals surface area contributed by atoms with Crippen molar-refractivity contribution in [3.8, 4) is 0 Å². The van der Waals surface area contributed by atoms with E-state index in [4.69, 9.17) is 0 Å². The third-order valence-corrected chi connectivity index (χ3v) is 4.35. The molecule has 2 amide bonds. The SMILES string of the molecule is Cc1ccccc1NC(=O)c1cncc(C(=O)NC2CCCC2)c1. The Labute approximate surface area is 141 Å². The summed E-state index contributed by atoms with van der Waals surface area (Å²) in [5, 5.41) is 5.86. The number of aryl methyl sites for hydroxylation is 1. The lowest BCUT2D eigenvalue weighted by Crippen LogP contribution is -2.32. The van der Waals surface area contributed by atoms with Crippen molar-refractivity contribution in [1.29, 1.82) is 0 Å². The van der Waals surface area contributed by atoms with Crippen molar-refractivity contribution in [3.63, 3.8) is 0 Å². The van der Waals surface area contributed by atoms with Crippen LogP contribution in [0.1, 0.15) is 52.0 Å². The number of hydrogen-bond donors (Lipinski definition) is 2. The first-order chi connectivity index (χ1) is 11.6. The summed E-state index contributed by atoms with van der Waals surface area (Å²) in [6.07, 6.45) is 7.32. The number of rotatable bonds is 4. The fraction of sp³-hybridized carbons (Fsp3) is 0.316. The maximum atomic E-state index is 12.4. The molecule has 3 rings (SSSR count). The van der Waals surface area contributed by atoms with Gasteiger partial charge in [-0.15, -0.1) is 0 Å². The van der Waals surface area contributed by atoms with Crippen molar-refractivity contribution in [2.75, 3.05) is 5.32 Å². The van der Waals surface area contributed by atoms with Crippen LogP contribution < -0.4 is 10.6 Å². The molecule has 1 aromatic heterocycles. The standard InChI is InChI=1S/C19H21N3O2/c1-13-6-2-5-9-17(13)22-19(24)15-10-14(11-20-12-15)18(23)21-16-7-3-4-8-16/h2,5-6,9-12,16H,3-4,7-8H2,1H3,(H,21,23)(H,22,24). The van der Waals surface area contributed by atoms with Crippen LogP contribution in [0.15, 0.2) is 42.7 Å². The van der Waals surface area contributed by atoms with Gasteiger partial charge in [-0.2, -0.15) is 0 Å². The van der Waals surface area contributed by atoms with E-state index < -0.39 is 0 Å². The minimum absolute atomic E-state index is 0.167. The normalized spacial score (nSPS) is 14.4. The number of nitrogens with zero attached hydrogens (tertiary/aromatic N) is 1. The highest BCUT2D eigenvalue weighted by atomic mass is 16.2. The van der Waals surface area contributed by atoms with Crippen LogP contribution in [0, 0.1) is 6.92 Å². The Hall–Kier alpha value is -2.69. The zero-order valence-corrected chi connectivity index (χ0v) is 13.7. The van der Waals surface area contributed by atoms with Gasteiger partial charge in [-0.05, 0) is 37.5 Å². The van der Waals surface area contributed by atoms with Crippen molar-refractivity contribution in [1.82, 2.24) is 10.3 Å². The summed E-state index contributed by atoms with van der Waals surface area (Å²) in [5.74, 6) is -0.438. The molecule has 0 spiro atoms. The highest BCUT2D eigenvalue weighted by molar-refractivity contribution is 6.06. The van der Waals surface area contributed by atoms with Gasteiger partial charge < -0.3 is 10.6 Å². The first kappa shape index (κ1) is 16.2. The molecule has 5 nitrogen and oxygen atoms in total. The molecule has 1 heterocycles. The molecular formula is C19H21N3O2. The number of nitrogens with one attached hydrogen (secondary N) is 2. The van der Waals surface area contributed by atoms with E-state index in [1.807, 2.05) is 31.2 Å². The maximum absolute atomic E-state index is 12.4. The van der Waals surface area contributed by atoms with Crippen LogP contribution in [-0.2, 0) is 0 Å². The Balaban J connectivity index is 1.71. The summed E-state index contributed by atoms with van der Waals surface area (Å²) >= 11 is 0. The van der Waals surface area contributed by atoms with Gasteiger partial charge in [0.25, 0.3) is 11.8 Å². The largest absolute Gasteiger partial charge is 0.349 e. The Morgan fingerprint density at radius 1 is 1.04 bits per heavy atom. The van der Waals surface area contributed by atoms with Crippen molar-refractivity contribution in [3.05, 3.63) is 59.4 Å². The topological polar surface area (TPSA) is 71.1 Å². The van der Waals surface area contributed by atoms with Gasteiger partial charge in [-0.25, -0.2) is 0 Å². The predicted octanol–water partition coefficient (Wildman–Crippen LogP) is 3.31. The van der Waals surface area contributed by atoms with Crippen LogP contribution >= 0.6 is 0 Å². The molecule has 124 valence electrons. The van der Waals surface area contributed by atoms with Crippen LogP contribution in [-0.4, -0.2) is 22.8 Å². The molecule has 1 fully saturated rings. The Kier molecular flexibility index (Phi) is 4.89. The summed E-state index contributed by atoms with van der Waals surface area (Å²) in [6.45, 7) is 1.93. The van der Waals surface area contributed by atoms with Gasteiger partial charge in [0, 0.05) is 24.1 Å². The van der Waals surface area contributed by atoms with E-state index in [2.05, 4.69) is 15.6 Å². The van der Waals surface area contributed by atoms with E-state index in [1.54, 1.807) is 6.07 Å². The number of carbonyl (C=O) groups excluding carboxylic acids is 2. The molecule has 0 aliphatic heterocycles. The van der Waals surface area contributed by atoms with Crippen LogP contribution in [0.4, 0.5) is 5.69 Å². The lowest BCUT2D eigenvalue weighted by atomic mass is 10.1. The number of benzene rings is 1.